The van der Waals surface area contributed by atoms with Gasteiger partial charge in [0.15, 0.2) is 5.82 Å². The fraction of sp³-hybridized carbons (Fsp3) is 0.552. The molecule has 0 aliphatic carbocycles. The van der Waals surface area contributed by atoms with Crippen LogP contribution in [0.15, 0.2) is 34.8 Å². The zero-order chi connectivity index (χ0) is 26.1. The number of rotatable bonds is 6. The lowest BCUT2D eigenvalue weighted by Gasteiger charge is -2.49. The number of piperidine rings is 1. The highest BCUT2D eigenvalue weighted by molar-refractivity contribution is 5.78. The van der Waals surface area contributed by atoms with Crippen LogP contribution in [0, 0.1) is 5.92 Å². The standard InChI is InChI=1S/C29H41N5O2/c1-19(20-10-12-36-13-11-20)14-21-15-23(26(35)16-25(21)30-6)24-8-9-27(32-31-24)34(7)22-17-28(2,3)33-29(4,5)18-22/h8-9,14-16,20,22,33,35H,6,10-13,17-18H2,1-5,7H3/b19-14+. The van der Waals surface area contributed by atoms with Crippen LogP contribution in [0.2, 0.25) is 0 Å². The van der Waals surface area contributed by atoms with Crippen molar-refractivity contribution < 1.29 is 9.84 Å². The Morgan fingerprint density at radius 3 is 2.39 bits per heavy atom. The number of benzene rings is 1. The lowest BCUT2D eigenvalue weighted by atomic mass is 9.79. The maximum absolute atomic E-state index is 10.8. The van der Waals surface area contributed by atoms with Crippen LogP contribution in [-0.4, -0.2) is 59.4 Å². The van der Waals surface area contributed by atoms with Crippen molar-refractivity contribution in [1.29, 1.82) is 0 Å². The summed E-state index contributed by atoms with van der Waals surface area (Å²) in [6.45, 7) is 16.5. The second kappa shape index (κ2) is 10.3. The number of allylic oxidation sites excluding steroid dienone is 1. The molecule has 0 atom stereocenters. The molecule has 2 fully saturated rings. The first kappa shape index (κ1) is 26.3. The number of nitrogens with one attached hydrogen (secondary N) is 1. The van der Waals surface area contributed by atoms with Gasteiger partial charge in [-0.15, -0.1) is 10.2 Å². The van der Waals surface area contributed by atoms with Crippen molar-refractivity contribution in [2.45, 2.75) is 77.4 Å². The normalized spacial score (nSPS) is 20.8. The van der Waals surface area contributed by atoms with E-state index in [1.165, 1.54) is 5.57 Å². The average molecular weight is 492 g/mol. The summed E-state index contributed by atoms with van der Waals surface area (Å²) in [5.41, 5.74) is 4.23. The molecule has 2 saturated heterocycles. The molecule has 7 nitrogen and oxygen atoms in total. The highest BCUT2D eigenvalue weighted by atomic mass is 16.5. The van der Waals surface area contributed by atoms with E-state index in [9.17, 15) is 5.11 Å². The van der Waals surface area contributed by atoms with E-state index in [1.807, 2.05) is 18.2 Å². The van der Waals surface area contributed by atoms with E-state index in [-0.39, 0.29) is 16.8 Å². The van der Waals surface area contributed by atoms with Crippen LogP contribution in [0.5, 0.6) is 5.75 Å². The van der Waals surface area contributed by atoms with E-state index < -0.39 is 0 Å². The Morgan fingerprint density at radius 2 is 1.81 bits per heavy atom. The number of hydrogen-bond acceptors (Lipinski definition) is 7. The van der Waals surface area contributed by atoms with Crippen LogP contribution >= 0.6 is 0 Å². The van der Waals surface area contributed by atoms with Crippen molar-refractivity contribution in [3.05, 3.63) is 35.4 Å². The molecule has 2 aliphatic rings. The number of aliphatic imine (C=N–C) groups is 1. The highest BCUT2D eigenvalue weighted by Gasteiger charge is 2.39. The molecule has 194 valence electrons. The Bertz CT molecular complexity index is 1100. The molecule has 1 aromatic heterocycles. The van der Waals surface area contributed by atoms with E-state index in [0.29, 0.717) is 28.9 Å². The van der Waals surface area contributed by atoms with E-state index in [0.717, 1.165) is 50.3 Å². The first-order chi connectivity index (χ1) is 17.0. The van der Waals surface area contributed by atoms with Gasteiger partial charge in [-0.05, 0) is 91.1 Å². The Hall–Kier alpha value is -2.77. The molecule has 0 radical (unpaired) electrons. The van der Waals surface area contributed by atoms with Gasteiger partial charge in [-0.2, -0.15) is 0 Å². The lowest BCUT2D eigenvalue weighted by molar-refractivity contribution is 0.0760. The minimum absolute atomic E-state index is 0.0491. The summed E-state index contributed by atoms with van der Waals surface area (Å²) in [5, 5.41) is 23.6. The SMILES string of the molecule is C=Nc1cc(O)c(-c2ccc(N(C)C3CC(C)(C)NC(C)(C)C3)nn2)cc1/C=C(\C)C1CCOCC1. The van der Waals surface area contributed by atoms with Crippen molar-refractivity contribution in [1.82, 2.24) is 15.5 Å². The van der Waals surface area contributed by atoms with E-state index in [2.05, 4.69) is 79.9 Å². The Balaban J connectivity index is 1.59. The third-order valence-electron chi connectivity index (χ3n) is 7.57. The highest BCUT2D eigenvalue weighted by Crippen LogP contribution is 2.37. The van der Waals surface area contributed by atoms with Gasteiger partial charge in [-0.1, -0.05) is 11.6 Å². The van der Waals surface area contributed by atoms with Crippen molar-refractivity contribution >= 4 is 24.3 Å². The number of aromatic hydroxyl groups is 1. The number of nitrogens with zero attached hydrogens (tertiary/aromatic N) is 4. The third-order valence-corrected chi connectivity index (χ3v) is 7.57. The molecule has 3 heterocycles. The van der Waals surface area contributed by atoms with Crippen molar-refractivity contribution in [3.63, 3.8) is 0 Å². The summed E-state index contributed by atoms with van der Waals surface area (Å²) in [5.74, 6) is 1.44. The summed E-state index contributed by atoms with van der Waals surface area (Å²) < 4.78 is 5.51. The number of hydrogen-bond donors (Lipinski definition) is 2. The summed E-state index contributed by atoms with van der Waals surface area (Å²) in [6, 6.07) is 7.88. The van der Waals surface area contributed by atoms with Gasteiger partial charge in [0.1, 0.15) is 5.75 Å². The topological polar surface area (TPSA) is 82.9 Å². The summed E-state index contributed by atoms with van der Waals surface area (Å²) in [6.07, 6.45) is 6.25. The molecule has 2 N–H and O–H groups in total. The molecule has 4 rings (SSSR count). The van der Waals surface area contributed by atoms with Gasteiger partial charge in [-0.25, -0.2) is 0 Å². The number of anilines is 1. The molecule has 0 unspecified atom stereocenters. The number of phenols is 1. The maximum Gasteiger partial charge on any atom is 0.151 e. The third kappa shape index (κ3) is 5.95. The zero-order valence-corrected chi connectivity index (χ0v) is 22.6. The number of aromatic nitrogens is 2. The molecule has 1 aromatic carbocycles. The number of ether oxygens (including phenoxy) is 1. The van der Waals surface area contributed by atoms with Crippen molar-refractivity contribution in [2.75, 3.05) is 25.2 Å². The van der Waals surface area contributed by atoms with E-state index >= 15 is 0 Å². The molecule has 2 aliphatic heterocycles. The first-order valence-corrected chi connectivity index (χ1v) is 12.9. The number of phenolic OH excluding ortho intramolecular Hbond substituents is 1. The van der Waals surface area contributed by atoms with E-state index in [1.54, 1.807) is 6.07 Å². The minimum Gasteiger partial charge on any atom is -0.507 e. The molecule has 0 bridgehead atoms. The van der Waals surface area contributed by atoms with Crippen LogP contribution < -0.4 is 10.2 Å². The van der Waals surface area contributed by atoms with Gasteiger partial charge in [0.05, 0.1) is 11.4 Å². The van der Waals surface area contributed by atoms with Crippen LogP contribution in [0.25, 0.3) is 17.3 Å². The average Bonchev–Trinajstić information content (AvgIpc) is 2.83. The summed E-state index contributed by atoms with van der Waals surface area (Å²) in [7, 11) is 2.09. The predicted molar refractivity (Wildman–Crippen MR) is 148 cm³/mol. The fourth-order valence-corrected chi connectivity index (χ4v) is 5.95. The van der Waals surface area contributed by atoms with Gasteiger partial charge in [0.25, 0.3) is 0 Å². The second-order valence-electron chi connectivity index (χ2n) is 11.7. The van der Waals surface area contributed by atoms with Gasteiger partial charge in [-0.3, -0.25) is 4.99 Å². The van der Waals surface area contributed by atoms with Crippen molar-refractivity contribution in [2.24, 2.45) is 10.9 Å². The van der Waals surface area contributed by atoms with Gasteiger partial charge in [0.2, 0.25) is 0 Å². The fourth-order valence-electron chi connectivity index (χ4n) is 5.95. The predicted octanol–water partition coefficient (Wildman–Crippen LogP) is 5.76. The molecule has 36 heavy (non-hydrogen) atoms. The molecule has 2 aromatic rings. The molecular formula is C29H41N5O2. The van der Waals surface area contributed by atoms with Gasteiger partial charge >= 0.3 is 0 Å². The molecule has 0 spiro atoms. The van der Waals surface area contributed by atoms with Crippen LogP contribution in [0.3, 0.4) is 0 Å². The summed E-state index contributed by atoms with van der Waals surface area (Å²) >= 11 is 0. The maximum atomic E-state index is 10.8. The zero-order valence-electron chi connectivity index (χ0n) is 22.6. The molecule has 0 saturated carbocycles. The Labute approximate surface area is 215 Å². The van der Waals surface area contributed by atoms with Crippen LogP contribution in [-0.2, 0) is 4.74 Å². The summed E-state index contributed by atoms with van der Waals surface area (Å²) in [4.78, 5) is 6.38. The van der Waals surface area contributed by atoms with Crippen molar-refractivity contribution in [3.8, 4) is 17.0 Å². The smallest absolute Gasteiger partial charge is 0.151 e. The monoisotopic (exact) mass is 491 g/mol. The van der Waals surface area contributed by atoms with Gasteiger partial charge in [0, 0.05) is 54.6 Å². The van der Waals surface area contributed by atoms with Crippen LogP contribution in [0.1, 0.15) is 65.9 Å². The quantitative estimate of drug-likeness (QED) is 0.500. The van der Waals surface area contributed by atoms with Gasteiger partial charge < -0.3 is 20.1 Å². The Morgan fingerprint density at radius 1 is 1.14 bits per heavy atom. The molecule has 7 heteroatoms. The molecular weight excluding hydrogens is 450 g/mol. The van der Waals surface area contributed by atoms with Crippen LogP contribution in [0.4, 0.5) is 11.5 Å². The first-order valence-electron chi connectivity index (χ1n) is 12.9. The second-order valence-corrected chi connectivity index (χ2v) is 11.7. The largest absolute Gasteiger partial charge is 0.507 e. The van der Waals surface area contributed by atoms with E-state index in [4.69, 9.17) is 4.74 Å². The molecule has 0 amide bonds. The lowest BCUT2D eigenvalue weighted by Crippen LogP contribution is -2.62. The Kier molecular flexibility index (Phi) is 7.53. The minimum atomic E-state index is 0.0491.